The first-order valence-electron chi connectivity index (χ1n) is 7.66. The van der Waals surface area contributed by atoms with Crippen LogP contribution in [0.3, 0.4) is 0 Å². The van der Waals surface area contributed by atoms with Gasteiger partial charge in [-0.15, -0.1) is 12.4 Å². The number of aromatic hydroxyl groups is 1. The molecule has 1 aromatic carbocycles. The summed E-state index contributed by atoms with van der Waals surface area (Å²) in [6, 6.07) is 3.85. The van der Waals surface area contributed by atoms with Gasteiger partial charge in [0.2, 0.25) is 0 Å². The zero-order valence-electron chi connectivity index (χ0n) is 13.2. The number of halogens is 3. The first-order valence-corrected chi connectivity index (χ1v) is 8.41. The van der Waals surface area contributed by atoms with Crippen LogP contribution in [-0.2, 0) is 6.54 Å². The molecule has 124 valence electrons. The molecule has 0 saturated heterocycles. The van der Waals surface area contributed by atoms with Crippen molar-refractivity contribution in [2.24, 2.45) is 16.7 Å². The van der Waals surface area contributed by atoms with E-state index in [2.05, 4.69) is 26.1 Å². The molecule has 0 amide bonds. The standard InChI is InChI=1S/C17H23Cl2NO.ClH/c1-16(2)11-4-5-17(16,3)14(7-11)20-9-10-6-12(18)8-13(19)15(10)21;/h6,8,11,14,20-21H,4-5,7,9H2,1-3H3;1H. The van der Waals surface area contributed by atoms with Gasteiger partial charge in [-0.2, -0.15) is 0 Å². The molecule has 0 aliphatic heterocycles. The topological polar surface area (TPSA) is 32.3 Å². The Kier molecular flexibility index (Phi) is 5.00. The monoisotopic (exact) mass is 363 g/mol. The molecular formula is C17H24Cl3NO. The molecule has 0 heterocycles. The second kappa shape index (κ2) is 6.05. The molecule has 2 fully saturated rings. The lowest BCUT2D eigenvalue weighted by molar-refractivity contribution is 0.120. The van der Waals surface area contributed by atoms with Gasteiger partial charge in [-0.3, -0.25) is 0 Å². The maximum Gasteiger partial charge on any atom is 0.138 e. The quantitative estimate of drug-likeness (QED) is 0.750. The Morgan fingerprint density at radius 1 is 1.27 bits per heavy atom. The Morgan fingerprint density at radius 3 is 2.50 bits per heavy atom. The predicted octanol–water partition coefficient (Wildman–Crippen LogP) is 5.43. The van der Waals surface area contributed by atoms with Gasteiger partial charge in [-0.05, 0) is 48.1 Å². The number of nitrogens with one attached hydrogen (secondary N) is 1. The Hall–Kier alpha value is -0.150. The zero-order valence-corrected chi connectivity index (χ0v) is 15.6. The number of phenols is 1. The molecule has 0 radical (unpaired) electrons. The minimum atomic E-state index is 0. The Labute approximate surface area is 149 Å². The van der Waals surface area contributed by atoms with Gasteiger partial charge in [0.15, 0.2) is 0 Å². The molecule has 2 nitrogen and oxygen atoms in total. The molecule has 2 N–H and O–H groups in total. The molecule has 3 rings (SSSR count). The third-order valence-corrected chi connectivity index (χ3v) is 6.95. The van der Waals surface area contributed by atoms with Gasteiger partial charge in [0, 0.05) is 23.2 Å². The van der Waals surface area contributed by atoms with Gasteiger partial charge in [0.1, 0.15) is 5.75 Å². The van der Waals surface area contributed by atoms with E-state index in [0.717, 1.165) is 11.5 Å². The molecule has 3 atom stereocenters. The highest BCUT2D eigenvalue weighted by atomic mass is 35.5. The van der Waals surface area contributed by atoms with E-state index < -0.39 is 0 Å². The van der Waals surface area contributed by atoms with Gasteiger partial charge >= 0.3 is 0 Å². The number of hydrogen-bond donors (Lipinski definition) is 2. The summed E-state index contributed by atoms with van der Waals surface area (Å²) in [5, 5.41) is 14.6. The van der Waals surface area contributed by atoms with Crippen LogP contribution in [0.1, 0.15) is 45.6 Å². The summed E-state index contributed by atoms with van der Waals surface area (Å²) in [5.41, 5.74) is 1.49. The van der Waals surface area contributed by atoms with E-state index in [1.807, 2.05) is 0 Å². The fourth-order valence-corrected chi connectivity index (χ4v) is 5.04. The maximum absolute atomic E-state index is 10.1. The lowest BCUT2D eigenvalue weighted by atomic mass is 9.69. The molecular weight excluding hydrogens is 341 g/mol. The molecule has 0 spiro atoms. The molecule has 2 bridgehead atoms. The minimum Gasteiger partial charge on any atom is -0.506 e. The van der Waals surface area contributed by atoms with Gasteiger partial charge in [-0.25, -0.2) is 0 Å². The van der Waals surface area contributed by atoms with Crippen molar-refractivity contribution in [1.82, 2.24) is 5.32 Å². The van der Waals surface area contributed by atoms with Crippen molar-refractivity contribution in [3.8, 4) is 5.75 Å². The fraction of sp³-hybridized carbons (Fsp3) is 0.647. The molecule has 0 aromatic heterocycles. The molecule has 5 heteroatoms. The van der Waals surface area contributed by atoms with Crippen LogP contribution in [0.5, 0.6) is 5.75 Å². The Bertz CT molecular complexity index is 575. The van der Waals surface area contributed by atoms with Crippen molar-refractivity contribution in [3.05, 3.63) is 27.7 Å². The van der Waals surface area contributed by atoms with Crippen LogP contribution in [0.15, 0.2) is 12.1 Å². The van der Waals surface area contributed by atoms with Crippen molar-refractivity contribution in [2.75, 3.05) is 0 Å². The normalized spacial score (nSPS) is 32.0. The predicted molar refractivity (Wildman–Crippen MR) is 95.2 cm³/mol. The lowest BCUT2D eigenvalue weighted by Gasteiger charge is -2.39. The van der Waals surface area contributed by atoms with Crippen molar-refractivity contribution >= 4 is 35.6 Å². The van der Waals surface area contributed by atoms with Crippen LogP contribution in [0, 0.1) is 16.7 Å². The highest BCUT2D eigenvalue weighted by Crippen LogP contribution is 2.65. The molecule has 1 aromatic rings. The summed E-state index contributed by atoms with van der Waals surface area (Å²) in [5.74, 6) is 0.942. The molecule has 2 saturated carbocycles. The van der Waals surface area contributed by atoms with Crippen LogP contribution < -0.4 is 5.32 Å². The second-order valence-corrected chi connectivity index (χ2v) is 8.28. The van der Waals surface area contributed by atoms with Gasteiger partial charge in [0.25, 0.3) is 0 Å². The van der Waals surface area contributed by atoms with Gasteiger partial charge < -0.3 is 10.4 Å². The zero-order chi connectivity index (χ0) is 15.4. The van der Waals surface area contributed by atoms with Crippen molar-refractivity contribution in [1.29, 1.82) is 0 Å². The van der Waals surface area contributed by atoms with Crippen LogP contribution >= 0.6 is 35.6 Å². The average Bonchev–Trinajstić information content (AvgIpc) is 2.74. The summed E-state index contributed by atoms with van der Waals surface area (Å²) in [7, 11) is 0. The van der Waals surface area contributed by atoms with Crippen LogP contribution in [0.2, 0.25) is 10.0 Å². The lowest BCUT2D eigenvalue weighted by Crippen LogP contribution is -2.44. The highest BCUT2D eigenvalue weighted by molar-refractivity contribution is 6.35. The summed E-state index contributed by atoms with van der Waals surface area (Å²) >= 11 is 12.0. The SMILES string of the molecule is CC1(C)C2CCC1(C)C(NCc1cc(Cl)cc(Cl)c1O)C2.Cl. The summed E-state index contributed by atoms with van der Waals surface area (Å²) < 4.78 is 0. The summed E-state index contributed by atoms with van der Waals surface area (Å²) in [4.78, 5) is 0. The molecule has 3 unspecified atom stereocenters. The minimum absolute atomic E-state index is 0. The van der Waals surface area contributed by atoms with E-state index in [4.69, 9.17) is 23.2 Å². The summed E-state index contributed by atoms with van der Waals surface area (Å²) in [6.07, 6.45) is 3.85. The number of phenolic OH excluding ortho intramolecular Hbond substituents is 1. The van der Waals surface area contributed by atoms with E-state index in [9.17, 15) is 5.11 Å². The van der Waals surface area contributed by atoms with Crippen LogP contribution in [-0.4, -0.2) is 11.1 Å². The first kappa shape index (κ1) is 18.2. The number of fused-ring (bicyclic) bond motifs is 2. The van der Waals surface area contributed by atoms with Gasteiger partial charge in [0.05, 0.1) is 5.02 Å². The third-order valence-electron chi connectivity index (χ3n) is 6.44. The maximum atomic E-state index is 10.1. The highest BCUT2D eigenvalue weighted by Gasteiger charge is 2.60. The number of hydrogen-bond acceptors (Lipinski definition) is 2. The third kappa shape index (κ3) is 2.62. The van der Waals surface area contributed by atoms with E-state index in [-0.39, 0.29) is 18.2 Å². The molecule has 2 aliphatic rings. The Balaban J connectivity index is 0.00000176. The largest absolute Gasteiger partial charge is 0.506 e. The first-order chi connectivity index (χ1) is 9.75. The average molecular weight is 365 g/mol. The van der Waals surface area contributed by atoms with Crippen LogP contribution in [0.25, 0.3) is 0 Å². The van der Waals surface area contributed by atoms with E-state index in [0.29, 0.717) is 33.5 Å². The molecule has 2 aliphatic carbocycles. The number of rotatable bonds is 3. The smallest absolute Gasteiger partial charge is 0.138 e. The van der Waals surface area contributed by atoms with E-state index in [1.54, 1.807) is 12.1 Å². The van der Waals surface area contributed by atoms with Crippen molar-refractivity contribution in [3.63, 3.8) is 0 Å². The summed E-state index contributed by atoms with van der Waals surface area (Å²) in [6.45, 7) is 7.82. The van der Waals surface area contributed by atoms with E-state index in [1.165, 1.54) is 19.3 Å². The number of benzene rings is 1. The van der Waals surface area contributed by atoms with Gasteiger partial charge in [-0.1, -0.05) is 44.0 Å². The second-order valence-electron chi connectivity index (χ2n) is 7.44. The Morgan fingerprint density at radius 2 is 1.95 bits per heavy atom. The van der Waals surface area contributed by atoms with Crippen LogP contribution in [0.4, 0.5) is 0 Å². The van der Waals surface area contributed by atoms with Crippen molar-refractivity contribution < 1.29 is 5.11 Å². The fourth-order valence-electron chi connectivity index (χ4n) is 4.50. The molecule has 22 heavy (non-hydrogen) atoms. The van der Waals surface area contributed by atoms with E-state index >= 15 is 0 Å². The van der Waals surface area contributed by atoms with Crippen molar-refractivity contribution in [2.45, 2.75) is 52.6 Å².